The van der Waals surface area contributed by atoms with Gasteiger partial charge in [-0.3, -0.25) is 0 Å². The molecule has 1 aromatic carbocycles. The molecule has 9 heteroatoms. The molecule has 0 radical (unpaired) electrons. The molecule has 1 aliphatic carbocycles. The number of aromatic hydroxyl groups is 1. The molecule has 1 aromatic rings. The highest BCUT2D eigenvalue weighted by atomic mass is 19.3. The fraction of sp³-hybridized carbons (Fsp3) is 0.565. The first-order valence-corrected chi connectivity index (χ1v) is 10.7. The highest BCUT2D eigenvalue weighted by molar-refractivity contribution is 5.36. The summed E-state index contributed by atoms with van der Waals surface area (Å²) in [6.07, 6.45) is 3.60. The number of phenols is 1. The molecule has 180 valence electrons. The molecule has 4 N–H and O–H groups in total. The third-order valence-corrected chi connectivity index (χ3v) is 5.27. The summed E-state index contributed by atoms with van der Waals surface area (Å²) in [6, 6.07) is 4.35. The zero-order valence-corrected chi connectivity index (χ0v) is 17.9. The summed E-state index contributed by atoms with van der Waals surface area (Å²) >= 11 is 0. The van der Waals surface area contributed by atoms with Crippen molar-refractivity contribution in [3.05, 3.63) is 53.1 Å². The number of aliphatic hydroxyl groups excluding tert-OH is 2. The maximum atomic E-state index is 14.0. The van der Waals surface area contributed by atoms with Crippen molar-refractivity contribution >= 4 is 0 Å². The normalized spacial score (nSPS) is 15.6. The van der Waals surface area contributed by atoms with E-state index in [1.54, 1.807) is 12.2 Å². The van der Waals surface area contributed by atoms with E-state index in [4.69, 9.17) is 9.84 Å². The molecule has 1 aliphatic rings. The van der Waals surface area contributed by atoms with Crippen molar-refractivity contribution in [2.75, 3.05) is 26.3 Å². The Balaban J connectivity index is 1.61. The Kier molecular flexibility index (Phi) is 10.1. The number of hydrogen-bond acceptors (Lipinski definition) is 5. The molecule has 0 aliphatic heterocycles. The summed E-state index contributed by atoms with van der Waals surface area (Å²) in [5.41, 5.74) is 0.729. The molecule has 2 rings (SSSR count). The summed E-state index contributed by atoms with van der Waals surface area (Å²) in [4.78, 5) is 0. The predicted molar refractivity (Wildman–Crippen MR) is 113 cm³/mol. The lowest BCUT2D eigenvalue weighted by molar-refractivity contribution is -0.0795. The SMILES string of the molecule is OCc1cc(C(O)CNCCCC(F)(F)CCOCC(F)(F)C2=CC=CCC2)ccc1O. The van der Waals surface area contributed by atoms with E-state index in [1.165, 1.54) is 24.3 Å². The molecule has 0 fully saturated rings. The van der Waals surface area contributed by atoms with Crippen LogP contribution in [0, 0.1) is 0 Å². The predicted octanol–water partition coefficient (Wildman–Crippen LogP) is 4.24. The summed E-state index contributed by atoms with van der Waals surface area (Å²) in [5, 5.41) is 31.7. The van der Waals surface area contributed by atoms with E-state index in [9.17, 15) is 27.8 Å². The van der Waals surface area contributed by atoms with Gasteiger partial charge in [0.1, 0.15) is 12.4 Å². The summed E-state index contributed by atoms with van der Waals surface area (Å²) in [7, 11) is 0. The fourth-order valence-electron chi connectivity index (χ4n) is 3.31. The number of alkyl halides is 4. The molecule has 0 saturated carbocycles. The van der Waals surface area contributed by atoms with Gasteiger partial charge in [0.25, 0.3) is 5.92 Å². The second-order valence-electron chi connectivity index (χ2n) is 7.89. The van der Waals surface area contributed by atoms with E-state index >= 15 is 0 Å². The molecule has 0 aromatic heterocycles. The zero-order valence-electron chi connectivity index (χ0n) is 17.9. The Morgan fingerprint density at radius 2 is 1.94 bits per heavy atom. The molecule has 5 nitrogen and oxygen atoms in total. The first-order chi connectivity index (χ1) is 15.1. The van der Waals surface area contributed by atoms with Crippen LogP contribution in [0.1, 0.15) is 49.3 Å². The van der Waals surface area contributed by atoms with Gasteiger partial charge in [0.15, 0.2) is 0 Å². The number of nitrogens with one attached hydrogen (secondary N) is 1. The summed E-state index contributed by atoms with van der Waals surface area (Å²) in [5.74, 6) is -6.26. The quantitative estimate of drug-likeness (QED) is 0.246. The van der Waals surface area contributed by atoms with Gasteiger partial charge in [0.05, 0.1) is 19.3 Å². The number of ether oxygens (including phenoxy) is 1. The molecule has 0 heterocycles. The van der Waals surface area contributed by atoms with E-state index in [0.717, 1.165) is 0 Å². The van der Waals surface area contributed by atoms with Gasteiger partial charge in [-0.15, -0.1) is 0 Å². The lowest BCUT2D eigenvalue weighted by atomic mass is 9.99. The standard InChI is InChI=1S/C23H31F4NO4/c24-22(25,10-12-32-16-23(26,27)19-5-2-1-3-6-19)9-4-11-28-14-21(31)17-7-8-20(30)18(13-17)15-29/h1-2,5,7-8,13,21,28-31H,3-4,6,9-12,14-16H2. The average molecular weight is 461 g/mol. The van der Waals surface area contributed by atoms with Gasteiger partial charge in [0.2, 0.25) is 5.92 Å². The minimum atomic E-state index is -3.15. The van der Waals surface area contributed by atoms with Gasteiger partial charge in [0, 0.05) is 30.5 Å². The first kappa shape index (κ1) is 26.3. The Hall–Kier alpha value is -1.94. The largest absolute Gasteiger partial charge is 0.508 e. The minimum absolute atomic E-state index is 0.0417. The van der Waals surface area contributed by atoms with E-state index in [-0.39, 0.29) is 49.4 Å². The highest BCUT2D eigenvalue weighted by Gasteiger charge is 2.35. The van der Waals surface area contributed by atoms with Crippen molar-refractivity contribution in [3.63, 3.8) is 0 Å². The molecule has 32 heavy (non-hydrogen) atoms. The number of benzene rings is 1. The molecule has 1 unspecified atom stereocenters. The van der Waals surface area contributed by atoms with E-state index in [2.05, 4.69) is 5.32 Å². The number of aliphatic hydroxyl groups is 2. The fourth-order valence-corrected chi connectivity index (χ4v) is 3.31. The third-order valence-electron chi connectivity index (χ3n) is 5.27. The van der Waals surface area contributed by atoms with Gasteiger partial charge < -0.3 is 25.4 Å². The van der Waals surface area contributed by atoms with Crippen LogP contribution >= 0.6 is 0 Å². The van der Waals surface area contributed by atoms with Crippen LogP contribution in [0.2, 0.25) is 0 Å². The van der Waals surface area contributed by atoms with Crippen LogP contribution in [0.3, 0.4) is 0 Å². The molecule has 0 amide bonds. The van der Waals surface area contributed by atoms with Crippen molar-refractivity contribution in [3.8, 4) is 5.75 Å². The van der Waals surface area contributed by atoms with E-state index < -0.39 is 44.0 Å². The smallest absolute Gasteiger partial charge is 0.292 e. The van der Waals surface area contributed by atoms with Crippen molar-refractivity contribution in [2.24, 2.45) is 0 Å². The Morgan fingerprint density at radius 1 is 1.16 bits per heavy atom. The summed E-state index contributed by atoms with van der Waals surface area (Å²) in [6.45, 7) is -1.38. The first-order valence-electron chi connectivity index (χ1n) is 10.7. The van der Waals surface area contributed by atoms with Crippen LogP contribution in [-0.4, -0.2) is 53.5 Å². The Labute approximate surface area is 185 Å². The van der Waals surface area contributed by atoms with Crippen LogP contribution in [0.25, 0.3) is 0 Å². The maximum absolute atomic E-state index is 14.0. The van der Waals surface area contributed by atoms with Gasteiger partial charge in [-0.2, -0.15) is 8.78 Å². The second-order valence-corrected chi connectivity index (χ2v) is 7.89. The van der Waals surface area contributed by atoms with Gasteiger partial charge in [-0.05, 0) is 43.5 Å². The van der Waals surface area contributed by atoms with Crippen molar-refractivity contribution in [2.45, 2.75) is 56.7 Å². The van der Waals surface area contributed by atoms with Crippen molar-refractivity contribution in [1.29, 1.82) is 0 Å². The highest BCUT2D eigenvalue weighted by Crippen LogP contribution is 2.31. The lowest BCUT2D eigenvalue weighted by Crippen LogP contribution is -2.29. The van der Waals surface area contributed by atoms with Crippen LogP contribution in [0.15, 0.2) is 42.0 Å². The van der Waals surface area contributed by atoms with Crippen LogP contribution in [0.5, 0.6) is 5.75 Å². The van der Waals surface area contributed by atoms with E-state index in [0.29, 0.717) is 12.0 Å². The molecule has 0 bridgehead atoms. The Bertz CT molecular complexity index is 783. The molecular weight excluding hydrogens is 430 g/mol. The summed E-state index contributed by atoms with van der Waals surface area (Å²) < 4.78 is 60.8. The number of allylic oxidation sites excluding steroid dienone is 3. The maximum Gasteiger partial charge on any atom is 0.292 e. The number of rotatable bonds is 14. The molecule has 1 atom stereocenters. The van der Waals surface area contributed by atoms with Crippen molar-refractivity contribution in [1.82, 2.24) is 5.32 Å². The van der Waals surface area contributed by atoms with E-state index in [1.807, 2.05) is 0 Å². The van der Waals surface area contributed by atoms with Gasteiger partial charge in [-0.1, -0.05) is 24.3 Å². The Morgan fingerprint density at radius 3 is 2.62 bits per heavy atom. The van der Waals surface area contributed by atoms with Crippen LogP contribution < -0.4 is 5.32 Å². The monoisotopic (exact) mass is 461 g/mol. The third kappa shape index (κ3) is 8.54. The number of halogens is 4. The minimum Gasteiger partial charge on any atom is -0.508 e. The van der Waals surface area contributed by atoms with Crippen LogP contribution in [0.4, 0.5) is 17.6 Å². The second kappa shape index (κ2) is 12.3. The van der Waals surface area contributed by atoms with Crippen LogP contribution in [-0.2, 0) is 11.3 Å². The average Bonchev–Trinajstić information content (AvgIpc) is 2.77. The van der Waals surface area contributed by atoms with Gasteiger partial charge in [-0.25, -0.2) is 8.78 Å². The lowest BCUT2D eigenvalue weighted by Gasteiger charge is -2.22. The molecule has 0 saturated heterocycles. The molecular formula is C23H31F4NO4. The zero-order chi connectivity index (χ0) is 23.6. The number of hydrogen-bond donors (Lipinski definition) is 4. The van der Waals surface area contributed by atoms with Crippen molar-refractivity contribution < 1.29 is 37.6 Å². The van der Waals surface area contributed by atoms with Gasteiger partial charge >= 0.3 is 0 Å². The topological polar surface area (TPSA) is 82.0 Å². The molecule has 0 spiro atoms.